The van der Waals surface area contributed by atoms with Crippen LogP contribution in [-0.4, -0.2) is 5.91 Å². The first-order valence-electron chi connectivity index (χ1n) is 6.52. The third-order valence-corrected chi connectivity index (χ3v) is 3.55. The molecule has 0 aromatic heterocycles. The molecule has 0 heterocycles. The SMILES string of the molecule is CCc1ccccc1NC(=O)/C(Br)=C/c1ccccc1. The lowest BCUT2D eigenvalue weighted by Crippen LogP contribution is -2.12. The van der Waals surface area contributed by atoms with Crippen LogP contribution in [0.25, 0.3) is 6.08 Å². The van der Waals surface area contributed by atoms with Crippen LogP contribution in [0.5, 0.6) is 0 Å². The first-order chi connectivity index (χ1) is 9.70. The van der Waals surface area contributed by atoms with Crippen molar-refractivity contribution in [3.63, 3.8) is 0 Å². The van der Waals surface area contributed by atoms with Crippen LogP contribution < -0.4 is 5.32 Å². The van der Waals surface area contributed by atoms with Crippen molar-refractivity contribution < 1.29 is 4.79 Å². The van der Waals surface area contributed by atoms with E-state index in [1.165, 1.54) is 0 Å². The van der Waals surface area contributed by atoms with Crippen LogP contribution in [0.3, 0.4) is 0 Å². The van der Waals surface area contributed by atoms with Crippen LogP contribution in [0, 0.1) is 0 Å². The van der Waals surface area contributed by atoms with Crippen molar-refractivity contribution in [2.24, 2.45) is 0 Å². The Morgan fingerprint density at radius 2 is 1.75 bits per heavy atom. The highest BCUT2D eigenvalue weighted by atomic mass is 79.9. The van der Waals surface area contributed by atoms with E-state index in [9.17, 15) is 4.79 Å². The van der Waals surface area contributed by atoms with E-state index >= 15 is 0 Å². The zero-order valence-electron chi connectivity index (χ0n) is 11.3. The summed E-state index contributed by atoms with van der Waals surface area (Å²) >= 11 is 3.33. The first-order valence-corrected chi connectivity index (χ1v) is 7.31. The molecule has 0 aliphatic rings. The molecule has 0 atom stereocenters. The van der Waals surface area contributed by atoms with Gasteiger partial charge in [0.05, 0.1) is 4.48 Å². The molecule has 0 aliphatic carbocycles. The van der Waals surface area contributed by atoms with Crippen LogP contribution in [0.1, 0.15) is 18.1 Å². The van der Waals surface area contributed by atoms with Gasteiger partial charge in [0.25, 0.3) is 5.91 Å². The number of para-hydroxylation sites is 1. The summed E-state index contributed by atoms with van der Waals surface area (Å²) in [4.78, 5) is 12.2. The fourth-order valence-electron chi connectivity index (χ4n) is 1.89. The number of carbonyl (C=O) groups is 1. The van der Waals surface area contributed by atoms with Crippen LogP contribution in [0.15, 0.2) is 59.1 Å². The second-order valence-electron chi connectivity index (χ2n) is 4.37. The normalized spacial score (nSPS) is 11.2. The second kappa shape index (κ2) is 7.06. The van der Waals surface area contributed by atoms with Crippen molar-refractivity contribution >= 4 is 33.6 Å². The minimum atomic E-state index is -0.144. The van der Waals surface area contributed by atoms with Gasteiger partial charge in [0.2, 0.25) is 0 Å². The molecule has 1 N–H and O–H groups in total. The smallest absolute Gasteiger partial charge is 0.262 e. The summed E-state index contributed by atoms with van der Waals surface area (Å²) in [5, 5.41) is 2.93. The molecular formula is C17H16BrNO. The molecule has 0 saturated heterocycles. The van der Waals surface area contributed by atoms with Gasteiger partial charge >= 0.3 is 0 Å². The summed E-state index contributed by atoms with van der Waals surface area (Å²) < 4.78 is 0.509. The minimum absolute atomic E-state index is 0.144. The summed E-state index contributed by atoms with van der Waals surface area (Å²) in [6, 6.07) is 17.6. The number of rotatable bonds is 4. The van der Waals surface area contributed by atoms with Gasteiger partial charge in [-0.15, -0.1) is 0 Å². The number of anilines is 1. The van der Waals surface area contributed by atoms with Gasteiger partial charge in [0.15, 0.2) is 0 Å². The lowest BCUT2D eigenvalue weighted by Gasteiger charge is -2.09. The fraction of sp³-hybridized carbons (Fsp3) is 0.118. The summed E-state index contributed by atoms with van der Waals surface area (Å²) in [6.45, 7) is 2.07. The van der Waals surface area contributed by atoms with E-state index in [-0.39, 0.29) is 5.91 Å². The largest absolute Gasteiger partial charge is 0.321 e. The average molecular weight is 330 g/mol. The number of hydrogen-bond acceptors (Lipinski definition) is 1. The molecule has 0 spiro atoms. The Labute approximate surface area is 127 Å². The van der Waals surface area contributed by atoms with Gasteiger partial charge < -0.3 is 5.32 Å². The van der Waals surface area contributed by atoms with E-state index < -0.39 is 0 Å². The molecule has 0 saturated carbocycles. The van der Waals surface area contributed by atoms with Gasteiger partial charge in [-0.1, -0.05) is 55.5 Å². The van der Waals surface area contributed by atoms with Crippen LogP contribution in [-0.2, 0) is 11.2 Å². The van der Waals surface area contributed by atoms with Crippen LogP contribution in [0.4, 0.5) is 5.69 Å². The molecule has 0 aliphatic heterocycles. The highest BCUT2D eigenvalue weighted by molar-refractivity contribution is 9.12. The van der Waals surface area contributed by atoms with E-state index in [1.807, 2.05) is 60.7 Å². The molecule has 1 amide bonds. The van der Waals surface area contributed by atoms with Crippen molar-refractivity contribution in [1.29, 1.82) is 0 Å². The zero-order chi connectivity index (χ0) is 14.4. The molecule has 2 aromatic rings. The molecule has 0 radical (unpaired) electrons. The van der Waals surface area contributed by atoms with E-state index in [1.54, 1.807) is 0 Å². The molecular weight excluding hydrogens is 314 g/mol. The predicted molar refractivity (Wildman–Crippen MR) is 87.8 cm³/mol. The molecule has 102 valence electrons. The molecule has 0 bridgehead atoms. The molecule has 20 heavy (non-hydrogen) atoms. The molecule has 2 rings (SSSR count). The van der Waals surface area contributed by atoms with Crippen molar-refractivity contribution in [2.75, 3.05) is 5.32 Å². The average Bonchev–Trinajstić information content (AvgIpc) is 2.48. The third kappa shape index (κ3) is 3.81. The monoisotopic (exact) mass is 329 g/mol. The van der Waals surface area contributed by atoms with Gasteiger partial charge in [-0.25, -0.2) is 0 Å². The molecule has 2 nitrogen and oxygen atoms in total. The maximum Gasteiger partial charge on any atom is 0.262 e. The number of aryl methyl sites for hydroxylation is 1. The first kappa shape index (κ1) is 14.5. The summed E-state index contributed by atoms with van der Waals surface area (Å²) in [7, 11) is 0. The number of benzene rings is 2. The lowest BCUT2D eigenvalue weighted by atomic mass is 10.1. The Bertz CT molecular complexity index is 620. The standard InChI is InChI=1S/C17H16BrNO/c1-2-14-10-6-7-11-16(14)19-17(20)15(18)12-13-8-4-3-5-9-13/h3-12H,2H2,1H3,(H,19,20)/b15-12-. The van der Waals surface area contributed by atoms with E-state index in [0.717, 1.165) is 23.2 Å². The number of amides is 1. The van der Waals surface area contributed by atoms with E-state index in [2.05, 4.69) is 28.2 Å². The van der Waals surface area contributed by atoms with E-state index in [0.29, 0.717) is 4.48 Å². The molecule has 0 fully saturated rings. The maximum absolute atomic E-state index is 12.2. The lowest BCUT2D eigenvalue weighted by molar-refractivity contribution is -0.112. The molecule has 3 heteroatoms. The highest BCUT2D eigenvalue weighted by Crippen LogP contribution is 2.19. The van der Waals surface area contributed by atoms with Gasteiger partial charge in [0.1, 0.15) is 0 Å². The van der Waals surface area contributed by atoms with E-state index in [4.69, 9.17) is 0 Å². The van der Waals surface area contributed by atoms with Crippen molar-refractivity contribution in [2.45, 2.75) is 13.3 Å². The van der Waals surface area contributed by atoms with Gasteiger partial charge in [0, 0.05) is 5.69 Å². The predicted octanol–water partition coefficient (Wildman–Crippen LogP) is 4.62. The topological polar surface area (TPSA) is 29.1 Å². The minimum Gasteiger partial charge on any atom is -0.321 e. The number of nitrogens with one attached hydrogen (secondary N) is 1. The summed E-state index contributed by atoms with van der Waals surface area (Å²) in [5.41, 5.74) is 2.97. The Hall–Kier alpha value is -1.87. The molecule has 2 aromatic carbocycles. The summed E-state index contributed by atoms with van der Waals surface area (Å²) in [5.74, 6) is -0.144. The highest BCUT2D eigenvalue weighted by Gasteiger charge is 2.08. The molecule has 0 unspecified atom stereocenters. The number of hydrogen-bond donors (Lipinski definition) is 1. The zero-order valence-corrected chi connectivity index (χ0v) is 12.9. The Kier molecular flexibility index (Phi) is 5.13. The van der Waals surface area contributed by atoms with Crippen molar-refractivity contribution in [3.05, 3.63) is 70.2 Å². The Morgan fingerprint density at radius 1 is 1.10 bits per heavy atom. The van der Waals surface area contributed by atoms with Gasteiger partial charge in [-0.2, -0.15) is 0 Å². The third-order valence-electron chi connectivity index (χ3n) is 2.96. The number of carbonyl (C=O) groups excluding carboxylic acids is 1. The van der Waals surface area contributed by atoms with Gasteiger partial charge in [-0.05, 0) is 45.6 Å². The van der Waals surface area contributed by atoms with Crippen LogP contribution >= 0.6 is 15.9 Å². The van der Waals surface area contributed by atoms with Crippen molar-refractivity contribution in [3.8, 4) is 0 Å². The van der Waals surface area contributed by atoms with Crippen LogP contribution in [0.2, 0.25) is 0 Å². The Balaban J connectivity index is 2.14. The number of halogens is 1. The maximum atomic E-state index is 12.2. The fourth-order valence-corrected chi connectivity index (χ4v) is 2.26. The summed E-state index contributed by atoms with van der Waals surface area (Å²) in [6.07, 6.45) is 2.69. The van der Waals surface area contributed by atoms with Gasteiger partial charge in [-0.3, -0.25) is 4.79 Å². The second-order valence-corrected chi connectivity index (χ2v) is 5.22. The van der Waals surface area contributed by atoms with Crippen molar-refractivity contribution in [1.82, 2.24) is 0 Å². The Morgan fingerprint density at radius 3 is 2.45 bits per heavy atom. The quantitative estimate of drug-likeness (QED) is 0.814.